The van der Waals surface area contributed by atoms with E-state index in [2.05, 4.69) is 239 Å². The van der Waals surface area contributed by atoms with Crippen LogP contribution in [0.15, 0.2) is 72.8 Å². The summed E-state index contributed by atoms with van der Waals surface area (Å²) >= 11 is 4.87. The predicted molar refractivity (Wildman–Crippen MR) is 405 cm³/mol. The van der Waals surface area contributed by atoms with Crippen molar-refractivity contribution in [2.75, 3.05) is 0 Å². The van der Waals surface area contributed by atoms with Crippen molar-refractivity contribution in [1.82, 2.24) is 8.75 Å². The summed E-state index contributed by atoms with van der Waals surface area (Å²) in [5.74, 6) is 0. The van der Waals surface area contributed by atoms with Crippen LogP contribution in [0.25, 0.3) is 52.8 Å². The fraction of sp³-hybridized carbons (Fsp3) is 0.649. The summed E-state index contributed by atoms with van der Waals surface area (Å²) in [6, 6.07) is 30.7. The van der Waals surface area contributed by atoms with Gasteiger partial charge < -0.3 is 53.1 Å². The summed E-state index contributed by atoms with van der Waals surface area (Å²) in [4.78, 5) is 4.68. The van der Waals surface area contributed by atoms with Gasteiger partial charge >= 0.3 is 35.2 Å². The fourth-order valence-electron chi connectivity index (χ4n) is 12.3. The lowest BCUT2D eigenvalue weighted by atomic mass is 9.99. The number of benzene rings is 3. The normalized spacial score (nSPS) is 13.3. The Morgan fingerprint density at radius 1 is 0.274 bits per heavy atom. The SMILES string of the molecule is CC(C)O[Si](CCCc1cc(CCC[Si](OC(C)C)(OC(C)C)OC(C)C)cc(-c2ccc(-c3ccc(-c4ccc(-c5cc(CCC[Si](OC(C)C)(OC(C)C)OC(C)C)cc(CCC[Si](OC(C)C)(OC(C)C)OC(C)C)c5)s4)c4nsnc34)s2)c1)(OC(C)C)OC(C)C. The second-order valence-electron chi connectivity index (χ2n) is 28.7. The molecule has 0 unspecified atom stereocenters. The van der Waals surface area contributed by atoms with Crippen LogP contribution in [0, 0.1) is 0 Å². The summed E-state index contributed by atoms with van der Waals surface area (Å²) < 4.78 is 89.6. The molecule has 532 valence electrons. The maximum Gasteiger partial charge on any atom is 0.501 e. The summed E-state index contributed by atoms with van der Waals surface area (Å²) in [5, 5.41) is 0. The van der Waals surface area contributed by atoms with Crippen molar-refractivity contribution in [3.8, 4) is 41.8 Å². The Morgan fingerprint density at radius 2 is 0.474 bits per heavy atom. The van der Waals surface area contributed by atoms with E-state index in [1.54, 1.807) is 22.7 Å². The van der Waals surface area contributed by atoms with Crippen molar-refractivity contribution >= 4 is 80.7 Å². The van der Waals surface area contributed by atoms with Crippen molar-refractivity contribution in [2.24, 2.45) is 0 Å². The molecule has 0 aliphatic heterocycles. The van der Waals surface area contributed by atoms with E-state index in [0.29, 0.717) is 0 Å². The van der Waals surface area contributed by atoms with Crippen LogP contribution in [0.2, 0.25) is 24.2 Å². The molecule has 0 bridgehead atoms. The van der Waals surface area contributed by atoms with Crippen molar-refractivity contribution in [3.63, 3.8) is 0 Å². The highest BCUT2D eigenvalue weighted by molar-refractivity contribution is 7.19. The van der Waals surface area contributed by atoms with E-state index < -0.39 is 35.2 Å². The van der Waals surface area contributed by atoms with Crippen LogP contribution < -0.4 is 0 Å². The highest BCUT2D eigenvalue weighted by atomic mass is 32.1. The Hall–Kier alpha value is -2.73. The van der Waals surface area contributed by atoms with Gasteiger partial charge in [-0.25, -0.2) is 0 Å². The van der Waals surface area contributed by atoms with Crippen molar-refractivity contribution in [3.05, 3.63) is 95.1 Å². The minimum Gasteiger partial charge on any atom is -0.371 e. The van der Waals surface area contributed by atoms with E-state index in [4.69, 9.17) is 61.9 Å². The van der Waals surface area contributed by atoms with Gasteiger partial charge in [-0.2, -0.15) is 8.75 Å². The Balaban J connectivity index is 1.34. The van der Waals surface area contributed by atoms with Crippen molar-refractivity contribution < 1.29 is 53.1 Å². The van der Waals surface area contributed by atoms with Crippen LogP contribution in [0.1, 0.15) is 214 Å². The molecule has 3 heterocycles. The first-order valence-electron chi connectivity index (χ1n) is 35.5. The zero-order valence-corrected chi connectivity index (χ0v) is 68.8. The van der Waals surface area contributed by atoms with Gasteiger partial charge in [-0.15, -0.1) is 22.7 Å². The first-order valence-corrected chi connectivity index (χ1v) is 45.6. The maximum absolute atomic E-state index is 6.63. The van der Waals surface area contributed by atoms with Gasteiger partial charge in [0.1, 0.15) is 11.0 Å². The number of hydrogen-bond acceptors (Lipinski definition) is 17. The lowest BCUT2D eigenvalue weighted by Gasteiger charge is -2.34. The van der Waals surface area contributed by atoms with Gasteiger partial charge in [0.25, 0.3) is 0 Å². The molecular weight excluding hydrogens is 1320 g/mol. The lowest BCUT2D eigenvalue weighted by molar-refractivity contribution is 0.00172. The Morgan fingerprint density at radius 3 is 0.674 bits per heavy atom. The average molecular weight is 1440 g/mol. The maximum atomic E-state index is 6.63. The van der Waals surface area contributed by atoms with Crippen LogP contribution in [0.5, 0.6) is 0 Å². The monoisotopic (exact) mass is 1440 g/mol. The molecule has 0 aliphatic carbocycles. The molecule has 0 amide bonds. The number of thiophene rings is 2. The third-order valence-corrected chi connectivity index (χ3v) is 31.3. The molecule has 0 N–H and O–H groups in total. The number of rotatable bonds is 44. The average Bonchev–Trinajstić information content (AvgIpc) is 1.64. The van der Waals surface area contributed by atoms with Gasteiger partial charge in [-0.3, -0.25) is 0 Å². The highest BCUT2D eigenvalue weighted by Crippen LogP contribution is 2.44. The summed E-state index contributed by atoms with van der Waals surface area (Å²) in [6.07, 6.45) is 6.62. The molecule has 6 aromatic rings. The van der Waals surface area contributed by atoms with Gasteiger partial charge in [0.05, 0.1) is 11.7 Å². The molecule has 3 aromatic heterocycles. The molecule has 6 rings (SSSR count). The summed E-state index contributed by atoms with van der Waals surface area (Å²) in [5.41, 5.74) is 11.5. The van der Waals surface area contributed by atoms with Gasteiger partial charge in [-0.1, -0.05) is 48.5 Å². The predicted octanol–water partition coefficient (Wildman–Crippen LogP) is 21.1. The van der Waals surface area contributed by atoms with E-state index in [9.17, 15) is 0 Å². The number of nitrogens with zero attached hydrogens (tertiary/aromatic N) is 2. The van der Waals surface area contributed by atoms with Crippen molar-refractivity contribution in [2.45, 2.75) is 315 Å². The van der Waals surface area contributed by atoms with E-state index in [-0.39, 0.29) is 73.2 Å². The molecule has 0 fully saturated rings. The molecule has 14 nitrogen and oxygen atoms in total. The van der Waals surface area contributed by atoms with Crippen LogP contribution >= 0.6 is 34.4 Å². The number of aryl methyl sites for hydroxylation is 4. The standard InChI is InChI=1S/C74H120N2O12S3Si4/c1-49(2)77-92(78-50(3)4,79-51(5)6)39-25-29-61-43-62(30-26-40-93(80-52(7)8,81-53(9)10)82-54(11)12)46-65(45-61)69-35-37-71(89-69)67-33-34-68(74-73(67)75-91-76-74)72-38-36-70(90-72)66-47-63(31-27-41-94(83-55(13)14,84-56(15)16)85-57(17)18)44-64(48-66)32-28-42-95(86-58(19)20,87-59(21)22)88-60(23)24/h33-38,43-60H,25-32,39-42H2,1-24H3. The first kappa shape index (κ1) is 81.2. The second-order valence-corrected chi connectivity index (χ2v) is 41.7. The van der Waals surface area contributed by atoms with Gasteiger partial charge in [0.2, 0.25) is 0 Å². The van der Waals surface area contributed by atoms with E-state index >= 15 is 0 Å². The number of hydrogen-bond donors (Lipinski definition) is 0. The molecule has 0 saturated carbocycles. The van der Waals surface area contributed by atoms with Crippen LogP contribution in [-0.4, -0.2) is 117 Å². The summed E-state index contributed by atoms with van der Waals surface area (Å²) in [6.45, 7) is 49.7. The fourth-order valence-corrected chi connectivity index (χ4v) is 28.1. The van der Waals surface area contributed by atoms with Crippen LogP contribution in [0.4, 0.5) is 0 Å². The quantitative estimate of drug-likeness (QED) is 0.0336. The van der Waals surface area contributed by atoms with Crippen molar-refractivity contribution in [1.29, 1.82) is 0 Å². The molecule has 3 aromatic carbocycles. The highest BCUT2D eigenvalue weighted by Gasteiger charge is 2.47. The van der Waals surface area contributed by atoms with Gasteiger partial charge in [0, 0.05) is 128 Å². The largest absolute Gasteiger partial charge is 0.501 e. The molecule has 95 heavy (non-hydrogen) atoms. The molecule has 0 aliphatic rings. The molecule has 21 heteroatoms. The third-order valence-electron chi connectivity index (χ3n) is 14.6. The first-order chi connectivity index (χ1) is 44.7. The number of fused-ring (bicyclic) bond motifs is 1. The topological polar surface area (TPSA) is 137 Å². The van der Waals surface area contributed by atoms with E-state index in [1.807, 2.05) is 0 Å². The molecule has 0 atom stereocenters. The Kier molecular flexibility index (Phi) is 32.3. The summed E-state index contributed by atoms with van der Waals surface area (Å²) in [7, 11) is -12.0. The minimum absolute atomic E-state index is 0.0189. The van der Waals surface area contributed by atoms with Crippen LogP contribution in [0.3, 0.4) is 0 Å². The molecule has 0 saturated heterocycles. The Labute approximate surface area is 590 Å². The van der Waals surface area contributed by atoms with Gasteiger partial charge in [0.15, 0.2) is 0 Å². The zero-order valence-electron chi connectivity index (χ0n) is 62.4. The van der Waals surface area contributed by atoms with E-state index in [0.717, 1.165) is 107 Å². The van der Waals surface area contributed by atoms with Crippen LogP contribution in [-0.2, 0) is 78.8 Å². The van der Waals surface area contributed by atoms with Gasteiger partial charge in [-0.05, 0) is 275 Å². The minimum atomic E-state index is -3.01. The smallest absolute Gasteiger partial charge is 0.371 e. The van der Waals surface area contributed by atoms with E-state index in [1.165, 1.54) is 54.9 Å². The molecule has 0 radical (unpaired) electrons. The number of aromatic nitrogens is 2. The second kappa shape index (κ2) is 37.8. The zero-order chi connectivity index (χ0) is 70.0. The molecular formula is C74H120N2O12S3Si4. The Bertz CT molecular complexity index is 2790. The lowest BCUT2D eigenvalue weighted by Crippen LogP contribution is -2.50. The third kappa shape index (κ3) is 26.3. The molecule has 0 spiro atoms.